The summed E-state index contributed by atoms with van der Waals surface area (Å²) in [6.45, 7) is 0. The monoisotopic (exact) mass is 392 g/mol. The van der Waals surface area contributed by atoms with Crippen molar-refractivity contribution in [1.29, 1.82) is 0 Å². The van der Waals surface area contributed by atoms with Crippen LogP contribution in [-0.2, 0) is 0 Å². The van der Waals surface area contributed by atoms with Crippen molar-refractivity contribution in [3.8, 4) is 22.6 Å². The normalized spacial score (nSPS) is 10.8. The number of nitrogens with zero attached hydrogens (tertiary/aromatic N) is 5. The van der Waals surface area contributed by atoms with Crippen molar-refractivity contribution in [2.24, 2.45) is 0 Å². The topological polar surface area (TPSA) is 85.1 Å². The fraction of sp³-hybridized carbons (Fsp3) is 0. The molecule has 0 atom stereocenters. The van der Waals surface area contributed by atoms with Crippen LogP contribution in [0.3, 0.4) is 0 Å². The second kappa shape index (κ2) is 7.56. The van der Waals surface area contributed by atoms with E-state index in [9.17, 15) is 4.79 Å². The molecule has 0 aliphatic carbocycles. The van der Waals surface area contributed by atoms with Crippen LogP contribution in [0.4, 0.5) is 5.69 Å². The van der Waals surface area contributed by atoms with Gasteiger partial charge in [-0.3, -0.25) is 9.78 Å². The quantitative estimate of drug-likeness (QED) is 0.498. The van der Waals surface area contributed by atoms with E-state index in [1.54, 1.807) is 29.0 Å². The number of pyridine rings is 1. The standard InChI is InChI=1S/C23H16N6O/c30-23(16-6-2-1-3-7-16)25-19-10-4-8-17(14-19)20-11-12-21-26-27-22(29(21)28-20)18-9-5-13-24-15-18/h1-15H,(H,25,30). The van der Waals surface area contributed by atoms with Crippen LogP contribution in [0.5, 0.6) is 0 Å². The van der Waals surface area contributed by atoms with Gasteiger partial charge in [0.2, 0.25) is 0 Å². The van der Waals surface area contributed by atoms with E-state index in [1.165, 1.54) is 0 Å². The van der Waals surface area contributed by atoms with Crippen LogP contribution < -0.4 is 5.32 Å². The Bertz CT molecular complexity index is 1330. The van der Waals surface area contributed by atoms with Crippen molar-refractivity contribution in [3.05, 3.63) is 96.8 Å². The van der Waals surface area contributed by atoms with Crippen molar-refractivity contribution in [3.63, 3.8) is 0 Å². The summed E-state index contributed by atoms with van der Waals surface area (Å²) in [7, 11) is 0. The average molecular weight is 392 g/mol. The first-order valence-corrected chi connectivity index (χ1v) is 9.38. The van der Waals surface area contributed by atoms with Crippen molar-refractivity contribution in [1.82, 2.24) is 24.8 Å². The largest absolute Gasteiger partial charge is 0.322 e. The molecule has 0 aliphatic rings. The molecule has 0 spiro atoms. The van der Waals surface area contributed by atoms with Gasteiger partial charge in [0.15, 0.2) is 11.5 Å². The molecule has 3 heterocycles. The number of nitrogens with one attached hydrogen (secondary N) is 1. The van der Waals surface area contributed by atoms with Crippen molar-refractivity contribution in [2.45, 2.75) is 0 Å². The van der Waals surface area contributed by atoms with E-state index in [1.807, 2.05) is 66.7 Å². The highest BCUT2D eigenvalue weighted by Gasteiger charge is 2.12. The third kappa shape index (κ3) is 3.40. The molecule has 144 valence electrons. The van der Waals surface area contributed by atoms with E-state index >= 15 is 0 Å². The molecule has 5 rings (SSSR count). The molecule has 7 nitrogen and oxygen atoms in total. The second-order valence-electron chi connectivity index (χ2n) is 6.65. The van der Waals surface area contributed by atoms with Crippen LogP contribution >= 0.6 is 0 Å². The number of fused-ring (bicyclic) bond motifs is 1. The van der Waals surface area contributed by atoms with Gasteiger partial charge in [0.05, 0.1) is 5.69 Å². The van der Waals surface area contributed by atoms with E-state index in [4.69, 9.17) is 5.10 Å². The number of carbonyl (C=O) groups excluding carboxylic acids is 1. The summed E-state index contributed by atoms with van der Waals surface area (Å²) in [4.78, 5) is 16.6. The second-order valence-corrected chi connectivity index (χ2v) is 6.65. The highest BCUT2D eigenvalue weighted by atomic mass is 16.1. The zero-order valence-corrected chi connectivity index (χ0v) is 15.8. The van der Waals surface area contributed by atoms with Crippen molar-refractivity contribution < 1.29 is 4.79 Å². The van der Waals surface area contributed by atoms with E-state index in [2.05, 4.69) is 20.5 Å². The van der Waals surface area contributed by atoms with Crippen molar-refractivity contribution in [2.75, 3.05) is 5.32 Å². The number of carbonyl (C=O) groups is 1. The Morgan fingerprint density at radius 1 is 0.833 bits per heavy atom. The van der Waals surface area contributed by atoms with Gasteiger partial charge in [-0.15, -0.1) is 10.2 Å². The number of hydrogen-bond donors (Lipinski definition) is 1. The minimum atomic E-state index is -0.158. The third-order valence-electron chi connectivity index (χ3n) is 4.63. The molecular weight excluding hydrogens is 376 g/mol. The summed E-state index contributed by atoms with van der Waals surface area (Å²) in [6.07, 6.45) is 3.44. The third-order valence-corrected chi connectivity index (χ3v) is 4.63. The average Bonchev–Trinajstić information content (AvgIpc) is 3.24. The lowest BCUT2D eigenvalue weighted by atomic mass is 10.1. The van der Waals surface area contributed by atoms with Gasteiger partial charge in [-0.25, -0.2) is 0 Å². The van der Waals surface area contributed by atoms with Gasteiger partial charge in [-0.1, -0.05) is 30.3 Å². The highest BCUT2D eigenvalue weighted by Crippen LogP contribution is 2.23. The Morgan fingerprint density at radius 3 is 2.53 bits per heavy atom. The summed E-state index contributed by atoms with van der Waals surface area (Å²) in [5.74, 6) is 0.460. The van der Waals surface area contributed by atoms with E-state index in [0.717, 1.165) is 16.8 Å². The zero-order valence-electron chi connectivity index (χ0n) is 15.8. The van der Waals surface area contributed by atoms with Gasteiger partial charge in [0, 0.05) is 34.8 Å². The van der Waals surface area contributed by atoms with Gasteiger partial charge in [0.1, 0.15) is 0 Å². The predicted molar refractivity (Wildman–Crippen MR) is 114 cm³/mol. The summed E-state index contributed by atoms with van der Waals surface area (Å²) in [5.41, 5.74) is 4.38. The lowest BCUT2D eigenvalue weighted by molar-refractivity contribution is 0.102. The molecule has 0 fully saturated rings. The van der Waals surface area contributed by atoms with Crippen LogP contribution in [0, 0.1) is 0 Å². The zero-order chi connectivity index (χ0) is 20.3. The maximum absolute atomic E-state index is 12.5. The number of rotatable bonds is 4. The predicted octanol–water partition coefficient (Wildman–Crippen LogP) is 4.11. The van der Waals surface area contributed by atoms with Crippen LogP contribution in [0.25, 0.3) is 28.3 Å². The Balaban J connectivity index is 1.48. The summed E-state index contributed by atoms with van der Waals surface area (Å²) in [6, 6.07) is 24.2. The molecule has 30 heavy (non-hydrogen) atoms. The molecule has 0 unspecified atom stereocenters. The minimum absolute atomic E-state index is 0.158. The van der Waals surface area contributed by atoms with Gasteiger partial charge in [0.25, 0.3) is 5.91 Å². The molecule has 3 aromatic heterocycles. The van der Waals surface area contributed by atoms with Crippen LogP contribution in [0.1, 0.15) is 10.4 Å². The number of benzene rings is 2. The lowest BCUT2D eigenvalue weighted by Crippen LogP contribution is -2.11. The first kappa shape index (κ1) is 17.7. The molecule has 1 amide bonds. The molecule has 0 radical (unpaired) electrons. The highest BCUT2D eigenvalue weighted by molar-refractivity contribution is 6.04. The Hall–Kier alpha value is -4.39. The van der Waals surface area contributed by atoms with E-state index in [0.29, 0.717) is 22.7 Å². The first-order valence-electron chi connectivity index (χ1n) is 9.38. The van der Waals surface area contributed by atoms with E-state index in [-0.39, 0.29) is 5.91 Å². The van der Waals surface area contributed by atoms with Crippen molar-refractivity contribution >= 4 is 17.2 Å². The number of aromatic nitrogens is 5. The molecule has 2 aromatic carbocycles. The molecule has 0 saturated heterocycles. The Kier molecular flexibility index (Phi) is 4.46. The van der Waals surface area contributed by atoms with E-state index < -0.39 is 0 Å². The SMILES string of the molecule is O=C(Nc1cccc(-c2ccc3nnc(-c4cccnc4)n3n2)c1)c1ccccc1. The maximum Gasteiger partial charge on any atom is 0.255 e. The van der Waals surface area contributed by atoms with Gasteiger partial charge in [-0.05, 0) is 48.5 Å². The molecule has 1 N–H and O–H groups in total. The van der Waals surface area contributed by atoms with Gasteiger partial charge in [-0.2, -0.15) is 9.61 Å². The van der Waals surface area contributed by atoms with Crippen LogP contribution in [0.2, 0.25) is 0 Å². The lowest BCUT2D eigenvalue weighted by Gasteiger charge is -2.08. The number of amides is 1. The minimum Gasteiger partial charge on any atom is -0.322 e. The molecule has 0 saturated carbocycles. The van der Waals surface area contributed by atoms with Crippen LogP contribution in [0.15, 0.2) is 91.3 Å². The van der Waals surface area contributed by atoms with Gasteiger partial charge >= 0.3 is 0 Å². The fourth-order valence-corrected chi connectivity index (χ4v) is 3.17. The fourth-order valence-electron chi connectivity index (χ4n) is 3.17. The first-order chi connectivity index (χ1) is 14.8. The Labute approximate surface area is 172 Å². The smallest absolute Gasteiger partial charge is 0.255 e. The number of hydrogen-bond acceptors (Lipinski definition) is 5. The molecule has 0 bridgehead atoms. The van der Waals surface area contributed by atoms with Gasteiger partial charge < -0.3 is 5.32 Å². The summed E-state index contributed by atoms with van der Waals surface area (Å²) >= 11 is 0. The maximum atomic E-state index is 12.5. The number of anilines is 1. The molecule has 5 aromatic rings. The Morgan fingerprint density at radius 2 is 1.70 bits per heavy atom. The molecule has 0 aliphatic heterocycles. The molecular formula is C23H16N6O. The molecule has 7 heteroatoms. The summed E-state index contributed by atoms with van der Waals surface area (Å²) < 4.78 is 1.70. The summed E-state index contributed by atoms with van der Waals surface area (Å²) in [5, 5.41) is 16.1. The van der Waals surface area contributed by atoms with Crippen LogP contribution in [-0.4, -0.2) is 30.7 Å².